The van der Waals surface area contributed by atoms with Crippen LogP contribution >= 0.6 is 0 Å². The Morgan fingerprint density at radius 3 is 3.00 bits per heavy atom. The number of methoxy groups -OCH3 is 1. The Morgan fingerprint density at radius 1 is 1.45 bits per heavy atom. The summed E-state index contributed by atoms with van der Waals surface area (Å²) in [6, 6.07) is 5.60. The van der Waals surface area contributed by atoms with Gasteiger partial charge in [0.05, 0.1) is 7.11 Å². The number of esters is 1. The van der Waals surface area contributed by atoms with Crippen LogP contribution in [0.2, 0.25) is 0 Å². The van der Waals surface area contributed by atoms with E-state index in [4.69, 9.17) is 4.52 Å². The number of carbonyl (C=O) groups is 1. The van der Waals surface area contributed by atoms with Crippen LogP contribution in [0.1, 0.15) is 0 Å². The van der Waals surface area contributed by atoms with E-state index in [0.717, 1.165) is 4.57 Å². The van der Waals surface area contributed by atoms with Crippen molar-refractivity contribution in [2.75, 3.05) is 7.11 Å². The molecule has 0 aliphatic rings. The Labute approximate surface area is 122 Å². The summed E-state index contributed by atoms with van der Waals surface area (Å²) in [5.74, 6) is -1.06. The normalized spacial score (nSPS) is 10.8. The van der Waals surface area contributed by atoms with Gasteiger partial charge in [-0.3, -0.25) is 14.2 Å². The fourth-order valence-electron chi connectivity index (χ4n) is 2.03. The molecule has 2 heterocycles. The summed E-state index contributed by atoms with van der Waals surface area (Å²) in [5.41, 5.74) is 0.0565. The van der Waals surface area contributed by atoms with Gasteiger partial charge in [-0.15, -0.1) is 0 Å². The number of halogens is 1. The van der Waals surface area contributed by atoms with Crippen molar-refractivity contribution in [3.8, 4) is 11.3 Å². The second-order valence-electron chi connectivity index (χ2n) is 4.48. The van der Waals surface area contributed by atoms with Gasteiger partial charge in [0.15, 0.2) is 0 Å². The van der Waals surface area contributed by atoms with Gasteiger partial charge in [0.25, 0.3) is 11.3 Å². The number of carbonyl (C=O) groups excluding carboxylic acids is 1. The topological polar surface area (TPSA) is 87.2 Å². The first-order valence-corrected chi connectivity index (χ1v) is 6.27. The van der Waals surface area contributed by atoms with Gasteiger partial charge in [-0.05, 0) is 12.1 Å². The predicted octanol–water partition coefficient (Wildman–Crippen LogP) is 1.36. The van der Waals surface area contributed by atoms with Crippen LogP contribution < -0.4 is 5.56 Å². The molecule has 0 saturated heterocycles. The first-order chi connectivity index (χ1) is 10.6. The maximum absolute atomic E-state index is 13.3. The zero-order chi connectivity index (χ0) is 15.7. The van der Waals surface area contributed by atoms with E-state index >= 15 is 0 Å². The smallest absolute Gasteiger partial charge is 0.325 e. The molecule has 3 aromatic rings. The Kier molecular flexibility index (Phi) is 3.42. The fourth-order valence-corrected chi connectivity index (χ4v) is 2.03. The predicted molar refractivity (Wildman–Crippen MR) is 73.5 cm³/mol. The summed E-state index contributed by atoms with van der Waals surface area (Å²) in [5, 5.41) is 3.85. The number of hydrogen-bond acceptors (Lipinski definition) is 6. The minimum absolute atomic E-state index is 0.0189. The average molecular weight is 303 g/mol. The van der Waals surface area contributed by atoms with Crippen molar-refractivity contribution in [1.82, 2.24) is 14.7 Å². The van der Waals surface area contributed by atoms with Crippen molar-refractivity contribution < 1.29 is 18.4 Å². The summed E-state index contributed by atoms with van der Waals surface area (Å²) in [6.45, 7) is -0.286. The number of aromatic nitrogens is 3. The molecular weight excluding hydrogens is 293 g/mol. The first kappa shape index (κ1) is 13.9. The minimum atomic E-state index is -0.591. The van der Waals surface area contributed by atoms with Crippen LogP contribution in [-0.4, -0.2) is 27.8 Å². The van der Waals surface area contributed by atoms with Gasteiger partial charge in [-0.25, -0.2) is 9.37 Å². The van der Waals surface area contributed by atoms with Crippen LogP contribution in [0, 0.1) is 5.82 Å². The highest BCUT2D eigenvalue weighted by atomic mass is 19.1. The summed E-state index contributed by atoms with van der Waals surface area (Å²) in [6.07, 6.45) is 1.17. The summed E-state index contributed by atoms with van der Waals surface area (Å²) in [4.78, 5) is 27.7. The maximum atomic E-state index is 13.3. The largest absolute Gasteiger partial charge is 0.468 e. The summed E-state index contributed by atoms with van der Waals surface area (Å²) >= 11 is 0. The van der Waals surface area contributed by atoms with Crippen LogP contribution in [-0.2, 0) is 16.1 Å². The standard InChI is InChI=1S/C14H10FN3O4/c1-21-10(19)6-18-7-16-13-11(14(18)20)12(17-22-13)8-3-2-4-9(15)5-8/h2-5,7H,6H2,1H3. The molecule has 0 saturated carbocycles. The van der Waals surface area contributed by atoms with Crippen LogP contribution in [0.15, 0.2) is 39.9 Å². The van der Waals surface area contributed by atoms with Gasteiger partial charge in [0.1, 0.15) is 29.8 Å². The minimum Gasteiger partial charge on any atom is -0.468 e. The average Bonchev–Trinajstić information content (AvgIpc) is 2.94. The van der Waals surface area contributed by atoms with E-state index < -0.39 is 17.3 Å². The number of fused-ring (bicyclic) bond motifs is 1. The Morgan fingerprint density at radius 2 is 2.27 bits per heavy atom. The van der Waals surface area contributed by atoms with Gasteiger partial charge >= 0.3 is 5.97 Å². The molecule has 0 amide bonds. The zero-order valence-electron chi connectivity index (χ0n) is 11.4. The van der Waals surface area contributed by atoms with E-state index in [2.05, 4.69) is 14.9 Å². The van der Waals surface area contributed by atoms with Gasteiger partial charge < -0.3 is 9.26 Å². The molecule has 8 heteroatoms. The molecule has 0 atom stereocenters. The number of nitrogens with zero attached hydrogens (tertiary/aromatic N) is 3. The first-order valence-electron chi connectivity index (χ1n) is 6.27. The molecule has 0 aliphatic carbocycles. The Bertz CT molecular complexity index is 916. The molecule has 22 heavy (non-hydrogen) atoms. The van der Waals surface area contributed by atoms with E-state index in [1.54, 1.807) is 6.07 Å². The quantitative estimate of drug-likeness (QED) is 0.679. The molecule has 0 aliphatic heterocycles. The molecule has 3 rings (SSSR count). The van der Waals surface area contributed by atoms with E-state index in [9.17, 15) is 14.0 Å². The van der Waals surface area contributed by atoms with E-state index in [1.165, 1.54) is 31.6 Å². The molecular formula is C14H10FN3O4. The number of benzene rings is 1. The molecule has 0 radical (unpaired) electrons. The van der Waals surface area contributed by atoms with Gasteiger partial charge in [-0.1, -0.05) is 17.3 Å². The molecule has 7 nitrogen and oxygen atoms in total. The Hall–Kier alpha value is -3.03. The molecule has 0 spiro atoms. The third kappa shape index (κ3) is 2.34. The second kappa shape index (κ2) is 5.40. The van der Waals surface area contributed by atoms with Crippen LogP contribution in [0.5, 0.6) is 0 Å². The molecule has 1 aromatic carbocycles. The van der Waals surface area contributed by atoms with Crippen molar-refractivity contribution in [3.63, 3.8) is 0 Å². The lowest BCUT2D eigenvalue weighted by molar-refractivity contribution is -0.141. The fraction of sp³-hybridized carbons (Fsp3) is 0.143. The Balaban J connectivity index is 2.19. The molecule has 2 aromatic heterocycles. The van der Waals surface area contributed by atoms with Crippen molar-refractivity contribution in [3.05, 3.63) is 46.8 Å². The summed E-state index contributed by atoms with van der Waals surface area (Å²) in [7, 11) is 1.22. The van der Waals surface area contributed by atoms with Crippen molar-refractivity contribution >= 4 is 17.1 Å². The lowest BCUT2D eigenvalue weighted by Crippen LogP contribution is -2.25. The van der Waals surface area contributed by atoms with Crippen molar-refractivity contribution in [2.24, 2.45) is 0 Å². The van der Waals surface area contributed by atoms with Crippen molar-refractivity contribution in [2.45, 2.75) is 6.54 Å². The van der Waals surface area contributed by atoms with Gasteiger partial charge in [0.2, 0.25) is 0 Å². The van der Waals surface area contributed by atoms with Gasteiger partial charge in [0, 0.05) is 5.56 Å². The zero-order valence-corrected chi connectivity index (χ0v) is 11.4. The maximum Gasteiger partial charge on any atom is 0.325 e. The monoisotopic (exact) mass is 303 g/mol. The van der Waals surface area contributed by atoms with Crippen LogP contribution in [0.4, 0.5) is 4.39 Å². The van der Waals surface area contributed by atoms with E-state index in [1.807, 2.05) is 0 Å². The molecule has 0 N–H and O–H groups in total. The SMILES string of the molecule is COC(=O)Cn1cnc2onc(-c3cccc(F)c3)c2c1=O. The third-order valence-corrected chi connectivity index (χ3v) is 3.09. The van der Waals surface area contributed by atoms with E-state index in [0.29, 0.717) is 5.56 Å². The molecule has 0 bridgehead atoms. The van der Waals surface area contributed by atoms with Gasteiger partial charge in [-0.2, -0.15) is 0 Å². The third-order valence-electron chi connectivity index (χ3n) is 3.09. The lowest BCUT2D eigenvalue weighted by Gasteiger charge is -2.03. The highest BCUT2D eigenvalue weighted by Gasteiger charge is 2.18. The molecule has 112 valence electrons. The molecule has 0 fully saturated rings. The van der Waals surface area contributed by atoms with Crippen LogP contribution in [0.25, 0.3) is 22.4 Å². The van der Waals surface area contributed by atoms with Crippen molar-refractivity contribution in [1.29, 1.82) is 0 Å². The number of rotatable bonds is 3. The number of hydrogen-bond donors (Lipinski definition) is 0. The summed E-state index contributed by atoms with van der Waals surface area (Å²) < 4.78 is 23.9. The highest BCUT2D eigenvalue weighted by molar-refractivity contribution is 5.88. The van der Waals surface area contributed by atoms with E-state index in [-0.39, 0.29) is 23.3 Å². The molecule has 0 unspecified atom stereocenters. The highest BCUT2D eigenvalue weighted by Crippen LogP contribution is 2.24. The lowest BCUT2D eigenvalue weighted by atomic mass is 10.1. The second-order valence-corrected chi connectivity index (χ2v) is 4.48. The van der Waals surface area contributed by atoms with Crippen LogP contribution in [0.3, 0.4) is 0 Å². The number of ether oxygens (including phenoxy) is 1.